The molecule has 1 amide bonds. The number of nitrogens with one attached hydrogen (secondary N) is 1. The molecule has 1 aromatic carbocycles. The monoisotopic (exact) mass is 276 g/mol. The predicted octanol–water partition coefficient (Wildman–Crippen LogP) is 2.34. The number of amides is 1. The van der Waals surface area contributed by atoms with Crippen LogP contribution in [-0.4, -0.2) is 26.9 Å². The van der Waals surface area contributed by atoms with E-state index in [0.717, 1.165) is 17.0 Å². The second-order valence-electron chi connectivity index (χ2n) is 4.13. The fraction of sp³-hybridized carbons (Fsp3) is 0.308. The fourth-order valence-corrected chi connectivity index (χ4v) is 2.26. The third kappa shape index (κ3) is 3.35. The molecule has 1 unspecified atom stereocenters. The average molecular weight is 276 g/mol. The highest BCUT2D eigenvalue weighted by Crippen LogP contribution is 2.20. The van der Waals surface area contributed by atoms with Crippen LogP contribution in [0, 0.1) is 0 Å². The van der Waals surface area contributed by atoms with Gasteiger partial charge in [0, 0.05) is 11.4 Å². The minimum atomic E-state index is -0.384. The van der Waals surface area contributed by atoms with Crippen LogP contribution in [0.3, 0.4) is 0 Å². The third-order valence-corrected chi connectivity index (χ3v) is 3.39. The Morgan fingerprint density at radius 3 is 2.95 bits per heavy atom. The van der Waals surface area contributed by atoms with Crippen molar-refractivity contribution in [3.63, 3.8) is 0 Å². The maximum Gasteiger partial charge on any atom is 0.249 e. The summed E-state index contributed by atoms with van der Waals surface area (Å²) in [5.74, 6) is 0.771. The highest BCUT2D eigenvalue weighted by Gasteiger charge is 2.16. The Balaban J connectivity index is 2.10. The minimum Gasteiger partial charge on any atom is -0.324 e. The lowest BCUT2D eigenvalue weighted by molar-refractivity contribution is -0.119. The molecule has 0 bridgehead atoms. The van der Waals surface area contributed by atoms with Crippen molar-refractivity contribution in [2.45, 2.75) is 18.7 Å². The summed E-state index contributed by atoms with van der Waals surface area (Å²) in [5.41, 5.74) is 1.97. The van der Waals surface area contributed by atoms with Gasteiger partial charge < -0.3 is 5.32 Å². The molecule has 0 spiro atoms. The van der Waals surface area contributed by atoms with Crippen LogP contribution < -0.4 is 5.32 Å². The number of para-hydroxylation sites is 1. The molecule has 0 saturated heterocycles. The quantitative estimate of drug-likeness (QED) is 0.910. The van der Waals surface area contributed by atoms with Crippen molar-refractivity contribution in [2.75, 3.05) is 11.6 Å². The minimum absolute atomic E-state index is 0.0981. The predicted molar refractivity (Wildman–Crippen MR) is 77.0 cm³/mol. The molecular weight excluding hydrogens is 260 g/mol. The van der Waals surface area contributed by atoms with E-state index in [1.54, 1.807) is 18.7 Å². The smallest absolute Gasteiger partial charge is 0.249 e. The number of hydrogen-bond acceptors (Lipinski definition) is 4. The van der Waals surface area contributed by atoms with Gasteiger partial charge in [0.15, 0.2) is 0 Å². The van der Waals surface area contributed by atoms with Gasteiger partial charge in [-0.3, -0.25) is 4.79 Å². The van der Waals surface area contributed by atoms with Crippen LogP contribution in [-0.2, 0) is 10.5 Å². The van der Waals surface area contributed by atoms with Gasteiger partial charge in [0.05, 0.1) is 0 Å². The van der Waals surface area contributed by atoms with Crippen molar-refractivity contribution in [1.29, 1.82) is 0 Å². The van der Waals surface area contributed by atoms with Gasteiger partial charge in [-0.05, 0) is 24.8 Å². The maximum atomic E-state index is 12.2. The molecule has 0 fully saturated rings. The second kappa shape index (κ2) is 6.38. The number of carbonyl (C=O) groups excluding carboxylic acids is 1. The molecule has 100 valence electrons. The molecule has 1 aromatic heterocycles. The maximum absolute atomic E-state index is 12.2. The number of nitrogens with zero attached hydrogens (tertiary/aromatic N) is 3. The van der Waals surface area contributed by atoms with E-state index < -0.39 is 0 Å². The summed E-state index contributed by atoms with van der Waals surface area (Å²) in [6.07, 6.45) is 5.00. The summed E-state index contributed by atoms with van der Waals surface area (Å²) in [5, 5.41) is 6.92. The third-order valence-electron chi connectivity index (χ3n) is 2.79. The summed E-state index contributed by atoms with van der Waals surface area (Å²) in [6.45, 7) is 1.79. The topological polar surface area (TPSA) is 59.8 Å². The number of hydrogen-bond donors (Lipinski definition) is 1. The SMILES string of the molecule is CSCc1ccccc1NC(=O)C(C)n1cncn1. The lowest BCUT2D eigenvalue weighted by Crippen LogP contribution is -2.24. The normalized spacial score (nSPS) is 12.1. The summed E-state index contributed by atoms with van der Waals surface area (Å²) in [4.78, 5) is 16.0. The number of rotatable bonds is 5. The summed E-state index contributed by atoms with van der Waals surface area (Å²) < 4.78 is 1.53. The summed E-state index contributed by atoms with van der Waals surface area (Å²) in [6, 6.07) is 7.44. The molecule has 0 aliphatic carbocycles. The largest absolute Gasteiger partial charge is 0.324 e. The zero-order chi connectivity index (χ0) is 13.7. The highest BCUT2D eigenvalue weighted by atomic mass is 32.2. The summed E-state index contributed by atoms with van der Waals surface area (Å²) in [7, 11) is 0. The standard InChI is InChI=1S/C13H16N4OS/c1-10(17-9-14-8-15-17)13(18)16-12-6-4-3-5-11(12)7-19-2/h3-6,8-10H,7H2,1-2H3,(H,16,18). The molecule has 0 aliphatic heterocycles. The molecule has 0 radical (unpaired) electrons. The molecule has 1 N–H and O–H groups in total. The van der Waals surface area contributed by atoms with E-state index in [9.17, 15) is 4.79 Å². The lowest BCUT2D eigenvalue weighted by atomic mass is 10.2. The van der Waals surface area contributed by atoms with Crippen LogP contribution in [0.4, 0.5) is 5.69 Å². The van der Waals surface area contributed by atoms with Crippen LogP contribution in [0.25, 0.3) is 0 Å². The zero-order valence-electron chi connectivity index (χ0n) is 10.9. The Hall–Kier alpha value is -1.82. The molecule has 0 aliphatic rings. The van der Waals surface area contributed by atoms with E-state index in [2.05, 4.69) is 15.4 Å². The molecular formula is C13H16N4OS. The van der Waals surface area contributed by atoms with E-state index in [-0.39, 0.29) is 11.9 Å². The van der Waals surface area contributed by atoms with Gasteiger partial charge in [-0.25, -0.2) is 9.67 Å². The van der Waals surface area contributed by atoms with Crippen molar-refractivity contribution in [2.24, 2.45) is 0 Å². The second-order valence-corrected chi connectivity index (χ2v) is 5.00. The molecule has 6 heteroatoms. The van der Waals surface area contributed by atoms with E-state index in [0.29, 0.717) is 0 Å². The first kappa shape index (κ1) is 13.6. The van der Waals surface area contributed by atoms with Gasteiger partial charge >= 0.3 is 0 Å². The van der Waals surface area contributed by atoms with Crippen LogP contribution >= 0.6 is 11.8 Å². The Labute approximate surface area is 116 Å². The number of aromatic nitrogens is 3. The summed E-state index contributed by atoms with van der Waals surface area (Å²) >= 11 is 1.72. The van der Waals surface area contributed by atoms with Gasteiger partial charge in [0.2, 0.25) is 5.91 Å². The number of carbonyl (C=O) groups is 1. The van der Waals surface area contributed by atoms with Crippen LogP contribution in [0.1, 0.15) is 18.5 Å². The van der Waals surface area contributed by atoms with Crippen LogP contribution in [0.15, 0.2) is 36.9 Å². The van der Waals surface area contributed by atoms with Crippen molar-refractivity contribution in [3.05, 3.63) is 42.5 Å². The van der Waals surface area contributed by atoms with Gasteiger partial charge in [-0.2, -0.15) is 16.9 Å². The first-order valence-corrected chi connectivity index (χ1v) is 7.33. The number of thioether (sulfide) groups is 1. The van der Waals surface area contributed by atoms with E-state index in [1.807, 2.05) is 30.5 Å². The van der Waals surface area contributed by atoms with Crippen LogP contribution in [0.5, 0.6) is 0 Å². The number of anilines is 1. The molecule has 2 aromatic rings. The molecule has 2 rings (SSSR count). The van der Waals surface area contributed by atoms with E-state index in [4.69, 9.17) is 0 Å². The van der Waals surface area contributed by atoms with E-state index >= 15 is 0 Å². The molecule has 5 nitrogen and oxygen atoms in total. The average Bonchev–Trinajstić information content (AvgIpc) is 2.94. The van der Waals surface area contributed by atoms with Crippen molar-refractivity contribution in [3.8, 4) is 0 Å². The Morgan fingerprint density at radius 2 is 2.26 bits per heavy atom. The van der Waals surface area contributed by atoms with Crippen LogP contribution in [0.2, 0.25) is 0 Å². The van der Waals surface area contributed by atoms with Crippen molar-refractivity contribution < 1.29 is 4.79 Å². The first-order valence-electron chi connectivity index (χ1n) is 5.94. The number of benzene rings is 1. The van der Waals surface area contributed by atoms with Gasteiger partial charge in [-0.1, -0.05) is 18.2 Å². The zero-order valence-corrected chi connectivity index (χ0v) is 11.7. The van der Waals surface area contributed by atoms with Crippen molar-refractivity contribution in [1.82, 2.24) is 14.8 Å². The van der Waals surface area contributed by atoms with Crippen molar-refractivity contribution >= 4 is 23.4 Å². The highest BCUT2D eigenvalue weighted by molar-refractivity contribution is 7.97. The van der Waals surface area contributed by atoms with E-state index in [1.165, 1.54) is 17.3 Å². The fourth-order valence-electron chi connectivity index (χ4n) is 1.70. The lowest BCUT2D eigenvalue weighted by Gasteiger charge is -2.14. The molecule has 1 atom stereocenters. The Morgan fingerprint density at radius 1 is 1.47 bits per heavy atom. The first-order chi connectivity index (χ1) is 9.22. The van der Waals surface area contributed by atoms with Gasteiger partial charge in [-0.15, -0.1) is 0 Å². The Kier molecular flexibility index (Phi) is 4.57. The van der Waals surface area contributed by atoms with Gasteiger partial charge in [0.1, 0.15) is 18.7 Å². The molecule has 19 heavy (non-hydrogen) atoms. The Bertz CT molecular complexity index is 541. The molecule has 1 heterocycles. The molecule has 0 saturated carbocycles. The van der Waals surface area contributed by atoms with Gasteiger partial charge in [0.25, 0.3) is 0 Å².